The predicted octanol–water partition coefficient (Wildman–Crippen LogP) is 3.93. The van der Waals surface area contributed by atoms with E-state index in [9.17, 15) is 4.79 Å². The lowest BCUT2D eigenvalue weighted by Crippen LogP contribution is -2.13. The van der Waals surface area contributed by atoms with Gasteiger partial charge in [0.25, 0.3) is 5.91 Å². The van der Waals surface area contributed by atoms with Crippen molar-refractivity contribution >= 4 is 11.6 Å². The number of rotatable bonds is 4. The van der Waals surface area contributed by atoms with Gasteiger partial charge >= 0.3 is 0 Å². The van der Waals surface area contributed by atoms with Gasteiger partial charge in [-0.1, -0.05) is 30.7 Å². The SMILES string of the molecule is COc1ccccc1C(=O)Nc1cccc(-c2nnc3n2CCCCC3)c1. The van der Waals surface area contributed by atoms with Gasteiger partial charge in [0.05, 0.1) is 12.7 Å². The molecule has 0 bridgehead atoms. The summed E-state index contributed by atoms with van der Waals surface area (Å²) in [7, 11) is 1.56. The van der Waals surface area contributed by atoms with Gasteiger partial charge in [-0.2, -0.15) is 0 Å². The van der Waals surface area contributed by atoms with E-state index in [1.54, 1.807) is 19.2 Å². The minimum atomic E-state index is -0.204. The second-order valence-corrected chi connectivity index (χ2v) is 6.64. The number of ether oxygens (including phenoxy) is 1. The molecule has 6 heteroatoms. The van der Waals surface area contributed by atoms with E-state index in [1.807, 2.05) is 36.4 Å². The van der Waals surface area contributed by atoms with Crippen molar-refractivity contribution < 1.29 is 9.53 Å². The molecule has 0 atom stereocenters. The Labute approximate surface area is 158 Å². The zero-order valence-corrected chi connectivity index (χ0v) is 15.3. The second kappa shape index (κ2) is 7.61. The number of anilines is 1. The molecule has 1 aromatic heterocycles. The van der Waals surface area contributed by atoms with Crippen molar-refractivity contribution in [1.29, 1.82) is 0 Å². The Bertz CT molecular complexity index is 964. The minimum Gasteiger partial charge on any atom is -0.496 e. The molecule has 0 fully saturated rings. The van der Waals surface area contributed by atoms with Crippen LogP contribution in [0.5, 0.6) is 5.75 Å². The molecule has 0 unspecified atom stereocenters. The van der Waals surface area contributed by atoms with Gasteiger partial charge in [-0.05, 0) is 37.1 Å². The number of carbonyl (C=O) groups is 1. The van der Waals surface area contributed by atoms with E-state index in [0.29, 0.717) is 11.3 Å². The van der Waals surface area contributed by atoms with E-state index in [4.69, 9.17) is 4.74 Å². The van der Waals surface area contributed by atoms with Crippen LogP contribution in [0.25, 0.3) is 11.4 Å². The van der Waals surface area contributed by atoms with E-state index in [0.717, 1.165) is 48.7 Å². The number of fused-ring (bicyclic) bond motifs is 1. The van der Waals surface area contributed by atoms with Gasteiger partial charge in [-0.25, -0.2) is 0 Å². The summed E-state index contributed by atoms with van der Waals surface area (Å²) < 4.78 is 7.48. The van der Waals surface area contributed by atoms with Gasteiger partial charge in [-0.3, -0.25) is 4.79 Å². The molecule has 138 valence electrons. The molecule has 1 amide bonds. The molecule has 4 rings (SSSR count). The Morgan fingerprint density at radius 3 is 2.85 bits per heavy atom. The minimum absolute atomic E-state index is 0.204. The van der Waals surface area contributed by atoms with Gasteiger partial charge < -0.3 is 14.6 Å². The van der Waals surface area contributed by atoms with Crippen LogP contribution in [-0.2, 0) is 13.0 Å². The number of benzene rings is 2. The maximum atomic E-state index is 12.6. The van der Waals surface area contributed by atoms with E-state index >= 15 is 0 Å². The first-order valence-electron chi connectivity index (χ1n) is 9.23. The van der Waals surface area contributed by atoms with Gasteiger partial charge in [0.15, 0.2) is 5.82 Å². The van der Waals surface area contributed by atoms with Crippen LogP contribution < -0.4 is 10.1 Å². The number of carbonyl (C=O) groups excluding carboxylic acids is 1. The number of aryl methyl sites for hydroxylation is 1. The largest absolute Gasteiger partial charge is 0.496 e. The third-order valence-electron chi connectivity index (χ3n) is 4.84. The van der Waals surface area contributed by atoms with Crippen molar-refractivity contribution in [2.24, 2.45) is 0 Å². The lowest BCUT2D eigenvalue weighted by molar-refractivity contribution is 0.102. The Morgan fingerprint density at radius 2 is 1.96 bits per heavy atom. The van der Waals surface area contributed by atoms with Gasteiger partial charge in [0, 0.05) is 24.2 Å². The molecule has 1 aliphatic heterocycles. The Morgan fingerprint density at radius 1 is 1.07 bits per heavy atom. The lowest BCUT2D eigenvalue weighted by Gasteiger charge is -2.11. The summed E-state index contributed by atoms with van der Waals surface area (Å²) in [5.41, 5.74) is 2.17. The summed E-state index contributed by atoms with van der Waals surface area (Å²) in [4.78, 5) is 12.6. The monoisotopic (exact) mass is 362 g/mol. The Kier molecular flexibility index (Phi) is 4.87. The molecule has 6 nitrogen and oxygen atoms in total. The number of hydrogen-bond donors (Lipinski definition) is 1. The van der Waals surface area contributed by atoms with Crippen molar-refractivity contribution in [2.75, 3.05) is 12.4 Å². The summed E-state index contributed by atoms with van der Waals surface area (Å²) in [6.45, 7) is 0.940. The molecule has 0 radical (unpaired) electrons. The fraction of sp³-hybridized carbons (Fsp3) is 0.286. The van der Waals surface area contributed by atoms with Crippen molar-refractivity contribution in [3.8, 4) is 17.1 Å². The van der Waals surface area contributed by atoms with Gasteiger partial charge in [0.2, 0.25) is 0 Å². The number of para-hydroxylation sites is 1. The van der Waals surface area contributed by atoms with Crippen LogP contribution in [0.3, 0.4) is 0 Å². The Balaban J connectivity index is 1.60. The van der Waals surface area contributed by atoms with E-state index in [2.05, 4.69) is 20.1 Å². The fourth-order valence-electron chi connectivity index (χ4n) is 3.47. The third kappa shape index (κ3) is 3.56. The highest BCUT2D eigenvalue weighted by atomic mass is 16.5. The maximum Gasteiger partial charge on any atom is 0.259 e. The summed E-state index contributed by atoms with van der Waals surface area (Å²) in [6, 6.07) is 14.9. The highest BCUT2D eigenvalue weighted by molar-refractivity contribution is 6.06. The summed E-state index contributed by atoms with van der Waals surface area (Å²) in [5, 5.41) is 11.7. The van der Waals surface area contributed by atoms with Crippen LogP contribution >= 0.6 is 0 Å². The fourth-order valence-corrected chi connectivity index (χ4v) is 3.47. The first kappa shape index (κ1) is 17.3. The number of nitrogens with zero attached hydrogens (tertiary/aromatic N) is 3. The van der Waals surface area contributed by atoms with Crippen LogP contribution in [0.1, 0.15) is 35.4 Å². The highest BCUT2D eigenvalue weighted by Crippen LogP contribution is 2.26. The zero-order chi connectivity index (χ0) is 18.6. The van der Waals surface area contributed by atoms with Crippen molar-refractivity contribution in [3.05, 3.63) is 59.9 Å². The standard InChI is InChI=1S/C21H22N4O2/c1-27-18-11-5-4-10-17(18)21(26)22-16-9-7-8-15(14-16)20-24-23-19-12-3-2-6-13-25(19)20/h4-5,7-11,14H,2-3,6,12-13H2,1H3,(H,22,26). The van der Waals surface area contributed by atoms with Crippen LogP contribution in [0.2, 0.25) is 0 Å². The third-order valence-corrected chi connectivity index (χ3v) is 4.84. The molecule has 27 heavy (non-hydrogen) atoms. The van der Waals surface area contributed by atoms with Gasteiger partial charge in [0.1, 0.15) is 11.6 Å². The van der Waals surface area contributed by atoms with Crippen molar-refractivity contribution in [3.63, 3.8) is 0 Å². The average Bonchev–Trinajstić information content (AvgIpc) is 2.96. The Hall–Kier alpha value is -3.15. The summed E-state index contributed by atoms with van der Waals surface area (Å²) >= 11 is 0. The second-order valence-electron chi connectivity index (χ2n) is 6.64. The first-order valence-corrected chi connectivity index (χ1v) is 9.23. The molecule has 1 N–H and O–H groups in total. The number of methoxy groups -OCH3 is 1. The van der Waals surface area contributed by atoms with Crippen molar-refractivity contribution in [1.82, 2.24) is 14.8 Å². The summed E-state index contributed by atoms with van der Waals surface area (Å²) in [5.74, 6) is 2.25. The molecule has 0 aliphatic carbocycles. The van der Waals surface area contributed by atoms with Crippen LogP contribution in [0.15, 0.2) is 48.5 Å². The molecular weight excluding hydrogens is 340 g/mol. The van der Waals surface area contributed by atoms with Crippen LogP contribution in [0, 0.1) is 0 Å². The molecular formula is C21H22N4O2. The molecule has 1 aliphatic rings. The quantitative estimate of drug-likeness (QED) is 0.763. The number of hydrogen-bond acceptors (Lipinski definition) is 4. The number of aromatic nitrogens is 3. The zero-order valence-electron chi connectivity index (χ0n) is 15.3. The van der Waals surface area contributed by atoms with Crippen LogP contribution in [0.4, 0.5) is 5.69 Å². The number of amides is 1. The molecule has 2 heterocycles. The first-order chi connectivity index (χ1) is 13.3. The molecule has 0 saturated carbocycles. The number of nitrogens with one attached hydrogen (secondary N) is 1. The molecule has 2 aromatic carbocycles. The molecule has 3 aromatic rings. The predicted molar refractivity (Wildman–Crippen MR) is 104 cm³/mol. The average molecular weight is 362 g/mol. The molecule has 0 saturated heterocycles. The summed E-state index contributed by atoms with van der Waals surface area (Å²) in [6.07, 6.45) is 4.49. The van der Waals surface area contributed by atoms with Crippen molar-refractivity contribution in [2.45, 2.75) is 32.2 Å². The van der Waals surface area contributed by atoms with Crippen LogP contribution in [-0.4, -0.2) is 27.8 Å². The van der Waals surface area contributed by atoms with E-state index < -0.39 is 0 Å². The lowest BCUT2D eigenvalue weighted by atomic mass is 10.1. The van der Waals surface area contributed by atoms with E-state index in [-0.39, 0.29) is 5.91 Å². The van der Waals surface area contributed by atoms with E-state index in [1.165, 1.54) is 6.42 Å². The normalized spacial score (nSPS) is 13.5. The highest BCUT2D eigenvalue weighted by Gasteiger charge is 2.17. The topological polar surface area (TPSA) is 69.0 Å². The smallest absolute Gasteiger partial charge is 0.259 e. The van der Waals surface area contributed by atoms with Gasteiger partial charge in [-0.15, -0.1) is 10.2 Å². The molecule has 0 spiro atoms. The maximum absolute atomic E-state index is 12.6.